The molecule has 1 aromatic carbocycles. The molecule has 2 rings (SSSR count). The smallest absolute Gasteiger partial charge is 0.123 e. The van der Waals surface area contributed by atoms with E-state index in [0.717, 1.165) is 50.2 Å². The Labute approximate surface area is 127 Å². The number of nitrogens with zero attached hydrogens (tertiary/aromatic N) is 1. The Morgan fingerprint density at radius 1 is 1.38 bits per heavy atom. The third kappa shape index (κ3) is 4.35. The Morgan fingerprint density at radius 2 is 2.19 bits per heavy atom. The molecule has 2 N–H and O–H groups in total. The number of hydrogen-bond acceptors (Lipinski definition) is 4. The van der Waals surface area contributed by atoms with Gasteiger partial charge in [0.2, 0.25) is 0 Å². The summed E-state index contributed by atoms with van der Waals surface area (Å²) in [6.45, 7) is 7.68. The minimum Gasteiger partial charge on any atom is -0.507 e. The van der Waals surface area contributed by atoms with Crippen LogP contribution in [0.1, 0.15) is 38.7 Å². The number of aromatic hydroxyl groups is 1. The second-order valence-corrected chi connectivity index (χ2v) is 6.42. The van der Waals surface area contributed by atoms with Gasteiger partial charge < -0.3 is 14.9 Å². The number of phenolic OH excluding ortho intramolecular Hbond substituents is 1. The van der Waals surface area contributed by atoms with Crippen molar-refractivity contribution in [3.05, 3.63) is 23.8 Å². The number of likely N-dealkylation sites (tertiary alicyclic amines) is 1. The van der Waals surface area contributed by atoms with Crippen LogP contribution in [0.4, 0.5) is 0 Å². The predicted octanol–water partition coefficient (Wildman–Crippen LogP) is 2.78. The monoisotopic (exact) mass is 293 g/mol. The minimum atomic E-state index is -0.0158. The SMILES string of the molecule is CCCOc1ccc(CN2CCCC(C)(CO)C2)c(O)c1. The molecule has 0 bridgehead atoms. The summed E-state index contributed by atoms with van der Waals surface area (Å²) in [5, 5.41) is 19.7. The van der Waals surface area contributed by atoms with E-state index in [2.05, 4.69) is 18.7 Å². The molecule has 118 valence electrons. The van der Waals surface area contributed by atoms with Gasteiger partial charge in [-0.15, -0.1) is 0 Å². The Kier molecular flexibility index (Phi) is 5.48. The van der Waals surface area contributed by atoms with Crippen molar-refractivity contribution in [1.29, 1.82) is 0 Å². The molecule has 0 amide bonds. The highest BCUT2D eigenvalue weighted by Crippen LogP contribution is 2.31. The second kappa shape index (κ2) is 7.14. The van der Waals surface area contributed by atoms with Crippen molar-refractivity contribution in [1.82, 2.24) is 4.90 Å². The first-order valence-corrected chi connectivity index (χ1v) is 7.84. The summed E-state index contributed by atoms with van der Waals surface area (Å²) in [4.78, 5) is 2.31. The van der Waals surface area contributed by atoms with Gasteiger partial charge in [0, 0.05) is 36.7 Å². The summed E-state index contributed by atoms with van der Waals surface area (Å²) < 4.78 is 5.52. The van der Waals surface area contributed by atoms with Gasteiger partial charge in [-0.2, -0.15) is 0 Å². The number of aliphatic hydroxyl groups excluding tert-OH is 1. The molecule has 4 heteroatoms. The Morgan fingerprint density at radius 3 is 2.86 bits per heavy atom. The number of piperidine rings is 1. The van der Waals surface area contributed by atoms with E-state index in [1.807, 2.05) is 12.1 Å². The summed E-state index contributed by atoms with van der Waals surface area (Å²) >= 11 is 0. The van der Waals surface area contributed by atoms with Crippen LogP contribution in [0.2, 0.25) is 0 Å². The summed E-state index contributed by atoms with van der Waals surface area (Å²) in [5.41, 5.74) is 0.902. The van der Waals surface area contributed by atoms with E-state index >= 15 is 0 Å². The molecule has 0 radical (unpaired) electrons. The van der Waals surface area contributed by atoms with Crippen LogP contribution in [0.25, 0.3) is 0 Å². The Balaban J connectivity index is 1.99. The van der Waals surface area contributed by atoms with Crippen molar-refractivity contribution >= 4 is 0 Å². The van der Waals surface area contributed by atoms with Crippen LogP contribution < -0.4 is 4.74 Å². The highest BCUT2D eigenvalue weighted by atomic mass is 16.5. The van der Waals surface area contributed by atoms with E-state index in [4.69, 9.17) is 4.74 Å². The molecule has 1 aromatic rings. The van der Waals surface area contributed by atoms with Gasteiger partial charge in [0.1, 0.15) is 11.5 Å². The molecule has 1 fully saturated rings. The van der Waals surface area contributed by atoms with Gasteiger partial charge in [-0.05, 0) is 31.9 Å². The van der Waals surface area contributed by atoms with Gasteiger partial charge in [0.05, 0.1) is 6.61 Å². The fraction of sp³-hybridized carbons (Fsp3) is 0.647. The topological polar surface area (TPSA) is 52.9 Å². The van der Waals surface area contributed by atoms with Crippen molar-refractivity contribution in [3.63, 3.8) is 0 Å². The maximum atomic E-state index is 10.2. The maximum absolute atomic E-state index is 10.2. The zero-order chi connectivity index (χ0) is 15.3. The Hall–Kier alpha value is -1.26. The molecule has 1 saturated heterocycles. The molecule has 1 unspecified atom stereocenters. The number of benzene rings is 1. The van der Waals surface area contributed by atoms with E-state index in [9.17, 15) is 10.2 Å². The standard InChI is InChI=1S/C17H27NO3/c1-3-9-21-15-6-5-14(16(20)10-15)11-18-8-4-7-17(2,12-18)13-19/h5-6,10,19-20H,3-4,7-9,11-13H2,1-2H3. The lowest BCUT2D eigenvalue weighted by atomic mass is 9.82. The molecule has 4 nitrogen and oxygen atoms in total. The van der Waals surface area contributed by atoms with Gasteiger partial charge in [-0.1, -0.05) is 19.9 Å². The molecule has 0 aliphatic carbocycles. The second-order valence-electron chi connectivity index (χ2n) is 6.42. The quantitative estimate of drug-likeness (QED) is 0.847. The maximum Gasteiger partial charge on any atom is 0.123 e. The normalized spacial score (nSPS) is 23.2. The molecule has 1 atom stereocenters. The number of rotatable bonds is 6. The number of aliphatic hydroxyl groups is 1. The average molecular weight is 293 g/mol. The van der Waals surface area contributed by atoms with Crippen molar-refractivity contribution in [2.24, 2.45) is 5.41 Å². The third-order valence-electron chi connectivity index (χ3n) is 4.17. The summed E-state index contributed by atoms with van der Waals surface area (Å²) in [5.74, 6) is 1.01. The fourth-order valence-corrected chi connectivity index (χ4v) is 2.92. The van der Waals surface area contributed by atoms with Crippen molar-refractivity contribution < 1.29 is 14.9 Å². The zero-order valence-electron chi connectivity index (χ0n) is 13.1. The Bertz CT molecular complexity index is 463. The number of hydrogen-bond donors (Lipinski definition) is 2. The lowest BCUT2D eigenvalue weighted by Gasteiger charge is -2.39. The molecular formula is C17H27NO3. The molecule has 0 saturated carbocycles. The summed E-state index contributed by atoms with van der Waals surface area (Å²) in [6.07, 6.45) is 3.11. The van der Waals surface area contributed by atoms with Gasteiger partial charge in [0.15, 0.2) is 0 Å². The van der Waals surface area contributed by atoms with Crippen LogP contribution in [0.5, 0.6) is 11.5 Å². The first kappa shape index (κ1) is 16.1. The third-order valence-corrected chi connectivity index (χ3v) is 4.17. The summed E-state index contributed by atoms with van der Waals surface area (Å²) in [7, 11) is 0. The van der Waals surface area contributed by atoms with Crippen LogP contribution in [-0.2, 0) is 6.54 Å². The highest BCUT2D eigenvalue weighted by Gasteiger charge is 2.30. The molecule has 1 aliphatic heterocycles. The lowest BCUT2D eigenvalue weighted by molar-refractivity contribution is 0.0426. The largest absolute Gasteiger partial charge is 0.507 e. The van der Waals surface area contributed by atoms with Crippen LogP contribution in [0.3, 0.4) is 0 Å². The van der Waals surface area contributed by atoms with Crippen LogP contribution in [-0.4, -0.2) is 41.4 Å². The average Bonchev–Trinajstić information content (AvgIpc) is 2.48. The van der Waals surface area contributed by atoms with Gasteiger partial charge in [0.25, 0.3) is 0 Å². The van der Waals surface area contributed by atoms with Crippen LogP contribution in [0.15, 0.2) is 18.2 Å². The minimum absolute atomic E-state index is 0.0158. The lowest BCUT2D eigenvalue weighted by Crippen LogP contribution is -2.43. The van der Waals surface area contributed by atoms with Gasteiger partial charge in [-0.25, -0.2) is 0 Å². The first-order valence-electron chi connectivity index (χ1n) is 7.84. The van der Waals surface area contributed by atoms with E-state index in [1.165, 1.54) is 0 Å². The summed E-state index contributed by atoms with van der Waals surface area (Å²) in [6, 6.07) is 5.55. The molecular weight excluding hydrogens is 266 g/mol. The van der Waals surface area contributed by atoms with E-state index < -0.39 is 0 Å². The van der Waals surface area contributed by atoms with E-state index in [1.54, 1.807) is 6.07 Å². The molecule has 0 aromatic heterocycles. The van der Waals surface area contributed by atoms with E-state index in [0.29, 0.717) is 12.4 Å². The molecule has 0 spiro atoms. The molecule has 1 aliphatic rings. The van der Waals surface area contributed by atoms with Crippen LogP contribution in [0, 0.1) is 5.41 Å². The predicted molar refractivity (Wildman–Crippen MR) is 83.6 cm³/mol. The van der Waals surface area contributed by atoms with Crippen molar-refractivity contribution in [2.45, 2.75) is 39.7 Å². The van der Waals surface area contributed by atoms with Gasteiger partial charge in [-0.3, -0.25) is 4.90 Å². The highest BCUT2D eigenvalue weighted by molar-refractivity contribution is 5.39. The number of phenols is 1. The van der Waals surface area contributed by atoms with Crippen LogP contribution >= 0.6 is 0 Å². The zero-order valence-corrected chi connectivity index (χ0v) is 13.1. The number of ether oxygens (including phenoxy) is 1. The fourth-order valence-electron chi connectivity index (χ4n) is 2.92. The van der Waals surface area contributed by atoms with Crippen molar-refractivity contribution in [3.8, 4) is 11.5 Å². The van der Waals surface area contributed by atoms with Gasteiger partial charge >= 0.3 is 0 Å². The first-order chi connectivity index (χ1) is 10.1. The molecule has 1 heterocycles. The molecule has 21 heavy (non-hydrogen) atoms. The van der Waals surface area contributed by atoms with E-state index in [-0.39, 0.29) is 12.0 Å². The van der Waals surface area contributed by atoms with Crippen molar-refractivity contribution in [2.75, 3.05) is 26.3 Å².